The number of hydrogen-bond acceptors (Lipinski definition) is 4. The van der Waals surface area contributed by atoms with Gasteiger partial charge in [0.1, 0.15) is 0 Å². The van der Waals surface area contributed by atoms with Crippen LogP contribution < -0.4 is 0 Å². The van der Waals surface area contributed by atoms with Gasteiger partial charge in [-0.05, 0) is 0 Å². The third-order valence-corrected chi connectivity index (χ3v) is 5.47. The van der Waals surface area contributed by atoms with Gasteiger partial charge in [-0.3, -0.25) is 0 Å². The monoisotopic (exact) mass is 360 g/mol. The summed E-state index contributed by atoms with van der Waals surface area (Å²) in [5.41, 5.74) is 2.66. The molecule has 118 valence electrons. The summed E-state index contributed by atoms with van der Waals surface area (Å²) < 4.78 is 1.17. The fourth-order valence-electron chi connectivity index (χ4n) is 2.98. The molecular weight excluding hydrogens is 335 g/mol. The molecule has 0 saturated carbocycles. The van der Waals surface area contributed by atoms with Crippen LogP contribution in [0.4, 0.5) is 0 Å². The Kier molecular flexibility index (Phi) is 5.02. The second-order valence-corrected chi connectivity index (χ2v) is 7.28. The van der Waals surface area contributed by atoms with Crippen molar-refractivity contribution in [2.24, 2.45) is 4.99 Å². The maximum absolute atomic E-state index is 4.54. The Hall–Kier alpha value is -1.09. The number of benzene rings is 1. The van der Waals surface area contributed by atoms with Gasteiger partial charge < -0.3 is 0 Å². The Labute approximate surface area is 142 Å². The number of likely N-dealkylation sites (N-methyl/N-ethyl adjacent to an activating group) is 1. The summed E-state index contributed by atoms with van der Waals surface area (Å²) in [6.07, 6.45) is 4.56. The maximum atomic E-state index is 4.54. The molecular formula is C17H25AsN4. The van der Waals surface area contributed by atoms with Crippen molar-refractivity contribution in [1.82, 2.24) is 14.7 Å². The standard InChI is InChI=1S/C17H25AsN4/c1-14-3-5-15(6-4-14)13-22-16(7-8-19-17(22)18)21-11-9-20(2)10-12-21/h3-8,16H,9-13,18H2,1-2H3. The average molecular weight is 360 g/mol. The minimum absolute atomic E-state index is 0.342. The van der Waals surface area contributed by atoms with Gasteiger partial charge in [-0.15, -0.1) is 0 Å². The van der Waals surface area contributed by atoms with Crippen LogP contribution in [0.3, 0.4) is 0 Å². The summed E-state index contributed by atoms with van der Waals surface area (Å²) >= 11 is 1.60. The first-order chi connectivity index (χ1) is 10.6. The number of hydrogen-bond donors (Lipinski definition) is 0. The Morgan fingerprint density at radius 2 is 1.82 bits per heavy atom. The first-order valence-corrected chi connectivity index (χ1v) is 9.09. The normalized spacial score (nSPS) is 23.7. The number of amidine groups is 1. The van der Waals surface area contributed by atoms with Crippen molar-refractivity contribution in [3.05, 3.63) is 47.7 Å². The molecule has 3 rings (SSSR count). The molecule has 22 heavy (non-hydrogen) atoms. The first-order valence-electron chi connectivity index (χ1n) is 7.88. The Morgan fingerprint density at radius 1 is 1.14 bits per heavy atom. The Balaban J connectivity index is 1.75. The van der Waals surface area contributed by atoms with E-state index in [0.29, 0.717) is 6.17 Å². The van der Waals surface area contributed by atoms with Crippen LogP contribution in [-0.4, -0.2) is 75.6 Å². The molecule has 0 N–H and O–H groups in total. The molecule has 0 aromatic heterocycles. The second kappa shape index (κ2) is 6.99. The van der Waals surface area contributed by atoms with E-state index in [4.69, 9.17) is 0 Å². The summed E-state index contributed by atoms with van der Waals surface area (Å²) in [7, 11) is 2.20. The molecule has 0 aliphatic carbocycles. The molecule has 1 aromatic carbocycles. The average Bonchev–Trinajstić information content (AvgIpc) is 2.52. The first kappa shape index (κ1) is 15.8. The van der Waals surface area contributed by atoms with Gasteiger partial charge in [-0.25, -0.2) is 0 Å². The van der Waals surface area contributed by atoms with Crippen molar-refractivity contribution in [2.45, 2.75) is 19.6 Å². The van der Waals surface area contributed by atoms with E-state index in [9.17, 15) is 0 Å². The third kappa shape index (κ3) is 3.62. The van der Waals surface area contributed by atoms with Crippen LogP contribution in [-0.2, 0) is 6.54 Å². The van der Waals surface area contributed by atoms with Crippen molar-refractivity contribution in [2.75, 3.05) is 33.2 Å². The van der Waals surface area contributed by atoms with Crippen LogP contribution in [0.2, 0.25) is 0 Å². The molecule has 1 saturated heterocycles. The molecule has 2 aliphatic rings. The molecule has 1 fully saturated rings. The van der Waals surface area contributed by atoms with Crippen molar-refractivity contribution >= 4 is 21.5 Å². The fraction of sp³-hybridized carbons (Fsp3) is 0.471. The predicted molar refractivity (Wildman–Crippen MR) is 94.7 cm³/mol. The molecule has 4 nitrogen and oxygen atoms in total. The molecule has 0 spiro atoms. The van der Waals surface area contributed by atoms with Gasteiger partial charge in [-0.2, -0.15) is 0 Å². The zero-order chi connectivity index (χ0) is 15.5. The van der Waals surface area contributed by atoms with Crippen LogP contribution in [0.25, 0.3) is 0 Å². The van der Waals surface area contributed by atoms with Crippen LogP contribution in [0.15, 0.2) is 41.5 Å². The van der Waals surface area contributed by atoms with E-state index in [0.717, 1.165) is 32.7 Å². The van der Waals surface area contributed by atoms with Gasteiger partial charge in [0, 0.05) is 0 Å². The van der Waals surface area contributed by atoms with E-state index in [1.807, 2.05) is 6.20 Å². The summed E-state index contributed by atoms with van der Waals surface area (Å²) in [5, 5.41) is 0. The Bertz CT molecular complexity index is 559. The predicted octanol–water partition coefficient (Wildman–Crippen LogP) is 0.887. The van der Waals surface area contributed by atoms with E-state index in [1.165, 1.54) is 15.8 Å². The molecule has 2 atom stereocenters. The third-order valence-electron chi connectivity index (χ3n) is 4.46. The van der Waals surface area contributed by atoms with Crippen molar-refractivity contribution in [3.63, 3.8) is 0 Å². The number of rotatable bonds is 3. The van der Waals surface area contributed by atoms with E-state index in [2.05, 4.69) is 64.0 Å². The van der Waals surface area contributed by atoms with Gasteiger partial charge in [0.05, 0.1) is 0 Å². The van der Waals surface area contributed by atoms with Crippen molar-refractivity contribution < 1.29 is 0 Å². The van der Waals surface area contributed by atoms with Gasteiger partial charge in [0.2, 0.25) is 0 Å². The molecule has 0 amide bonds. The quantitative estimate of drug-likeness (QED) is 0.748. The minimum atomic E-state index is 0.342. The van der Waals surface area contributed by atoms with Gasteiger partial charge in [0.15, 0.2) is 0 Å². The number of aliphatic imine (C=N–C) groups is 1. The molecule has 0 bridgehead atoms. The summed E-state index contributed by atoms with van der Waals surface area (Å²) in [6, 6.07) is 8.85. The number of piperazine rings is 1. The molecule has 2 aliphatic heterocycles. The van der Waals surface area contributed by atoms with Crippen LogP contribution >= 0.6 is 0 Å². The fourth-order valence-corrected chi connectivity index (χ4v) is 3.67. The van der Waals surface area contributed by atoms with E-state index in [1.54, 1.807) is 16.9 Å². The second-order valence-electron chi connectivity index (χ2n) is 6.20. The molecule has 5 heteroatoms. The topological polar surface area (TPSA) is 22.1 Å². The molecule has 2 heterocycles. The van der Waals surface area contributed by atoms with Crippen molar-refractivity contribution in [1.29, 1.82) is 0 Å². The number of aryl methyl sites for hydroxylation is 1. The van der Waals surface area contributed by atoms with E-state index < -0.39 is 0 Å². The van der Waals surface area contributed by atoms with Gasteiger partial charge in [0.25, 0.3) is 0 Å². The summed E-state index contributed by atoms with van der Waals surface area (Å²) in [4.78, 5) is 11.9. The summed E-state index contributed by atoms with van der Waals surface area (Å²) in [5.74, 6) is 0. The summed E-state index contributed by atoms with van der Waals surface area (Å²) in [6.45, 7) is 7.59. The molecule has 0 radical (unpaired) electrons. The van der Waals surface area contributed by atoms with Crippen LogP contribution in [0.5, 0.6) is 0 Å². The van der Waals surface area contributed by atoms with Crippen LogP contribution in [0, 0.1) is 6.92 Å². The van der Waals surface area contributed by atoms with Gasteiger partial charge in [-0.1, -0.05) is 0 Å². The zero-order valence-corrected chi connectivity index (χ0v) is 15.9. The van der Waals surface area contributed by atoms with Crippen LogP contribution in [0.1, 0.15) is 11.1 Å². The molecule has 1 aromatic rings. The SMILES string of the molecule is Cc1ccc(CN2C([AsH2])=NC=CC2N2CCN(C)CC2)cc1. The number of nitrogens with zero attached hydrogens (tertiary/aromatic N) is 4. The Morgan fingerprint density at radius 3 is 2.50 bits per heavy atom. The van der Waals surface area contributed by atoms with E-state index in [-0.39, 0.29) is 0 Å². The zero-order valence-electron chi connectivity index (χ0n) is 13.4. The molecule has 2 unspecified atom stereocenters. The van der Waals surface area contributed by atoms with Crippen molar-refractivity contribution in [3.8, 4) is 0 Å². The van der Waals surface area contributed by atoms with E-state index >= 15 is 0 Å². The van der Waals surface area contributed by atoms with Gasteiger partial charge >= 0.3 is 142 Å².